The third-order valence-corrected chi connectivity index (χ3v) is 4.56. The van der Waals surface area contributed by atoms with Crippen LogP contribution in [0.4, 0.5) is 0 Å². The van der Waals surface area contributed by atoms with E-state index in [1.54, 1.807) is 13.8 Å². The molecular formula is C19H38N8O5. The van der Waals surface area contributed by atoms with E-state index in [2.05, 4.69) is 20.9 Å². The zero-order chi connectivity index (χ0) is 24.7. The number of unbranched alkanes of at least 4 members (excludes halogenated alkanes) is 1. The van der Waals surface area contributed by atoms with E-state index in [0.29, 0.717) is 25.8 Å². The number of carboxylic acid groups (broad SMARTS) is 1. The molecule has 0 heterocycles. The first-order chi connectivity index (χ1) is 15.0. The molecule has 0 saturated heterocycles. The van der Waals surface area contributed by atoms with Crippen LogP contribution in [0.15, 0.2) is 4.99 Å². The number of hydrogen-bond donors (Lipinski definition) is 8. The van der Waals surface area contributed by atoms with Crippen molar-refractivity contribution in [2.24, 2.45) is 33.8 Å². The van der Waals surface area contributed by atoms with Crippen molar-refractivity contribution < 1.29 is 24.3 Å². The summed E-state index contributed by atoms with van der Waals surface area (Å²) in [5.74, 6) is -3.37. The first-order valence-electron chi connectivity index (χ1n) is 10.6. The second kappa shape index (κ2) is 15.8. The molecule has 0 aromatic heterocycles. The van der Waals surface area contributed by atoms with Crippen molar-refractivity contribution in [2.45, 2.75) is 64.1 Å². The molecule has 0 radical (unpaired) electrons. The number of nitrogens with one attached hydrogen (secondary N) is 3. The van der Waals surface area contributed by atoms with E-state index >= 15 is 0 Å². The molecule has 0 aliphatic rings. The summed E-state index contributed by atoms with van der Waals surface area (Å²) in [5, 5.41) is 16.5. The van der Waals surface area contributed by atoms with Crippen LogP contribution in [0.2, 0.25) is 0 Å². The predicted octanol–water partition coefficient (Wildman–Crippen LogP) is -2.68. The number of nitrogens with zero attached hydrogens (tertiary/aromatic N) is 1. The SMILES string of the molecule is CC(C)[C@H](NC(=O)CNC(=O)[C@H](CCCN=C(N)N)NC(=O)[C@@H](N)CCCCN)C(=O)O. The molecule has 0 fully saturated rings. The first-order valence-corrected chi connectivity index (χ1v) is 10.6. The van der Waals surface area contributed by atoms with Gasteiger partial charge in [-0.3, -0.25) is 19.4 Å². The van der Waals surface area contributed by atoms with Crippen molar-refractivity contribution in [3.05, 3.63) is 0 Å². The third kappa shape index (κ3) is 12.7. The highest BCUT2D eigenvalue weighted by Gasteiger charge is 2.26. The summed E-state index contributed by atoms with van der Waals surface area (Å²) in [6, 6.07) is -2.85. The van der Waals surface area contributed by atoms with Crippen LogP contribution >= 0.6 is 0 Å². The van der Waals surface area contributed by atoms with Gasteiger partial charge in [-0.25, -0.2) is 4.79 Å². The number of aliphatic carboxylic acids is 1. The molecule has 3 amide bonds. The van der Waals surface area contributed by atoms with E-state index in [0.717, 1.165) is 6.42 Å². The number of carbonyl (C=O) groups excluding carboxylic acids is 3. The predicted molar refractivity (Wildman–Crippen MR) is 120 cm³/mol. The van der Waals surface area contributed by atoms with Crippen LogP contribution in [-0.2, 0) is 19.2 Å². The highest BCUT2D eigenvalue weighted by atomic mass is 16.4. The van der Waals surface area contributed by atoms with Gasteiger partial charge in [0.15, 0.2) is 5.96 Å². The van der Waals surface area contributed by atoms with Gasteiger partial charge in [-0.2, -0.15) is 0 Å². The Kier molecular flexibility index (Phi) is 14.4. The zero-order valence-corrected chi connectivity index (χ0v) is 18.8. The lowest BCUT2D eigenvalue weighted by Crippen LogP contribution is -2.53. The first kappa shape index (κ1) is 29.1. The van der Waals surface area contributed by atoms with Gasteiger partial charge in [-0.1, -0.05) is 20.3 Å². The van der Waals surface area contributed by atoms with Gasteiger partial charge >= 0.3 is 5.97 Å². The average Bonchev–Trinajstić information content (AvgIpc) is 2.71. The monoisotopic (exact) mass is 458 g/mol. The molecule has 0 unspecified atom stereocenters. The lowest BCUT2D eigenvalue weighted by atomic mass is 10.0. The van der Waals surface area contributed by atoms with Gasteiger partial charge in [0.2, 0.25) is 17.7 Å². The molecular weight excluding hydrogens is 420 g/mol. The Morgan fingerprint density at radius 2 is 1.62 bits per heavy atom. The van der Waals surface area contributed by atoms with E-state index in [-0.39, 0.29) is 24.8 Å². The molecule has 0 bridgehead atoms. The van der Waals surface area contributed by atoms with Gasteiger partial charge < -0.3 is 44.0 Å². The van der Waals surface area contributed by atoms with E-state index in [4.69, 9.17) is 28.0 Å². The fraction of sp³-hybridized carbons (Fsp3) is 0.737. The Hall–Kier alpha value is -2.93. The van der Waals surface area contributed by atoms with Crippen LogP contribution in [0.1, 0.15) is 46.0 Å². The van der Waals surface area contributed by atoms with E-state index in [1.165, 1.54) is 0 Å². The maximum absolute atomic E-state index is 12.6. The van der Waals surface area contributed by atoms with Crippen molar-refractivity contribution in [2.75, 3.05) is 19.6 Å². The van der Waals surface area contributed by atoms with Crippen molar-refractivity contribution in [1.82, 2.24) is 16.0 Å². The number of carboxylic acids is 1. The van der Waals surface area contributed by atoms with Gasteiger partial charge in [0.1, 0.15) is 12.1 Å². The highest BCUT2D eigenvalue weighted by Crippen LogP contribution is 2.03. The minimum Gasteiger partial charge on any atom is -0.480 e. The molecule has 0 aliphatic heterocycles. The molecule has 13 heteroatoms. The minimum absolute atomic E-state index is 0.0910. The summed E-state index contributed by atoms with van der Waals surface area (Å²) in [5.41, 5.74) is 21.9. The molecule has 32 heavy (non-hydrogen) atoms. The third-order valence-electron chi connectivity index (χ3n) is 4.56. The molecule has 184 valence electrons. The second-order valence-electron chi connectivity index (χ2n) is 7.75. The maximum atomic E-state index is 12.6. The largest absolute Gasteiger partial charge is 0.480 e. The Morgan fingerprint density at radius 1 is 0.969 bits per heavy atom. The minimum atomic E-state index is -1.17. The van der Waals surface area contributed by atoms with Gasteiger partial charge in [-0.05, 0) is 38.1 Å². The number of amides is 3. The fourth-order valence-electron chi connectivity index (χ4n) is 2.72. The number of hydrogen-bond acceptors (Lipinski definition) is 7. The number of carbonyl (C=O) groups is 4. The Labute approximate surface area is 188 Å². The van der Waals surface area contributed by atoms with Crippen molar-refractivity contribution in [1.29, 1.82) is 0 Å². The average molecular weight is 459 g/mol. The lowest BCUT2D eigenvalue weighted by Gasteiger charge is -2.21. The number of nitrogens with two attached hydrogens (primary N) is 4. The van der Waals surface area contributed by atoms with Crippen LogP contribution in [0.25, 0.3) is 0 Å². The van der Waals surface area contributed by atoms with Crippen molar-refractivity contribution in [3.8, 4) is 0 Å². The van der Waals surface area contributed by atoms with Crippen LogP contribution in [0, 0.1) is 5.92 Å². The Bertz CT molecular complexity index is 652. The topological polar surface area (TPSA) is 241 Å². The van der Waals surface area contributed by atoms with E-state index < -0.39 is 48.4 Å². The molecule has 0 saturated carbocycles. The highest BCUT2D eigenvalue weighted by molar-refractivity contribution is 5.92. The van der Waals surface area contributed by atoms with Crippen LogP contribution in [-0.4, -0.2) is 72.5 Å². The van der Waals surface area contributed by atoms with Crippen LogP contribution in [0.5, 0.6) is 0 Å². The molecule has 12 N–H and O–H groups in total. The quantitative estimate of drug-likeness (QED) is 0.0681. The van der Waals surface area contributed by atoms with Crippen LogP contribution < -0.4 is 38.9 Å². The molecule has 0 aromatic carbocycles. The molecule has 3 atom stereocenters. The molecule has 0 aliphatic carbocycles. The van der Waals surface area contributed by atoms with Crippen molar-refractivity contribution in [3.63, 3.8) is 0 Å². The number of rotatable bonds is 16. The summed E-state index contributed by atoms with van der Waals surface area (Å²) < 4.78 is 0. The maximum Gasteiger partial charge on any atom is 0.326 e. The molecule has 0 spiro atoms. The van der Waals surface area contributed by atoms with Gasteiger partial charge in [-0.15, -0.1) is 0 Å². The zero-order valence-electron chi connectivity index (χ0n) is 18.8. The van der Waals surface area contributed by atoms with Gasteiger partial charge in [0.05, 0.1) is 12.6 Å². The standard InChI is InChI=1S/C19H38N8O5/c1-11(2)15(18(31)32)27-14(28)10-25-17(30)13(7-5-9-24-19(22)23)26-16(29)12(21)6-3-4-8-20/h11-13,15H,3-10,20-21H2,1-2H3,(H,25,30)(H,26,29)(H,27,28)(H,31,32)(H4,22,23,24)/t12-,13-,15-/m0/s1. The normalized spacial score (nSPS) is 13.5. The van der Waals surface area contributed by atoms with E-state index in [9.17, 15) is 19.2 Å². The summed E-state index contributed by atoms with van der Waals surface area (Å²) >= 11 is 0. The second-order valence-corrected chi connectivity index (χ2v) is 7.75. The smallest absolute Gasteiger partial charge is 0.326 e. The van der Waals surface area contributed by atoms with Gasteiger partial charge in [0, 0.05) is 6.54 Å². The number of guanidine groups is 1. The molecule has 0 aromatic rings. The summed E-state index contributed by atoms with van der Waals surface area (Å²) in [6.45, 7) is 3.59. The molecule has 0 rings (SSSR count). The van der Waals surface area contributed by atoms with Crippen LogP contribution in [0.3, 0.4) is 0 Å². The lowest BCUT2D eigenvalue weighted by molar-refractivity contribution is -0.143. The summed E-state index contributed by atoms with van der Waals surface area (Å²) in [4.78, 5) is 52.0. The summed E-state index contributed by atoms with van der Waals surface area (Å²) in [7, 11) is 0. The molecule has 13 nitrogen and oxygen atoms in total. The Morgan fingerprint density at radius 3 is 2.16 bits per heavy atom. The number of aliphatic imine (C=N–C) groups is 1. The van der Waals surface area contributed by atoms with Gasteiger partial charge in [0.25, 0.3) is 0 Å². The fourth-order valence-corrected chi connectivity index (χ4v) is 2.72. The van der Waals surface area contributed by atoms with Crippen molar-refractivity contribution >= 4 is 29.7 Å². The summed E-state index contributed by atoms with van der Waals surface area (Å²) in [6.07, 6.45) is 2.41. The van der Waals surface area contributed by atoms with E-state index in [1.807, 2.05) is 0 Å². The Balaban J connectivity index is 4.94.